The summed E-state index contributed by atoms with van der Waals surface area (Å²) in [4.78, 5) is 19.8. The number of H-pyrrole nitrogens is 1. The van der Waals surface area contributed by atoms with E-state index in [0.29, 0.717) is 21.5 Å². The molecule has 116 valence electrons. The molecule has 2 heterocycles. The molecule has 1 atom stereocenters. The number of benzene rings is 1. The Morgan fingerprint density at radius 2 is 2.27 bits per heavy atom. The van der Waals surface area contributed by atoms with Crippen molar-refractivity contribution in [1.82, 2.24) is 9.97 Å². The van der Waals surface area contributed by atoms with Gasteiger partial charge in [-0.3, -0.25) is 4.79 Å². The number of halogens is 1. The van der Waals surface area contributed by atoms with E-state index < -0.39 is 0 Å². The minimum absolute atomic E-state index is 0. The molecule has 0 saturated heterocycles. The van der Waals surface area contributed by atoms with Crippen molar-refractivity contribution in [2.45, 2.75) is 26.8 Å². The first kappa shape index (κ1) is 16.3. The second-order valence-corrected chi connectivity index (χ2v) is 5.67. The first-order chi connectivity index (χ1) is 10.1. The second kappa shape index (κ2) is 6.37. The van der Waals surface area contributed by atoms with Crippen LogP contribution in [0.5, 0.6) is 0 Å². The largest absolute Gasteiger partial charge is 0.360 e. The lowest BCUT2D eigenvalue weighted by molar-refractivity contribution is 0.103. The molecule has 0 spiro atoms. The number of nitrogens with two attached hydrogens (primary N) is 1. The molecule has 3 N–H and O–H groups in total. The number of hydrogen-bond acceptors (Lipinski definition) is 4. The molecule has 0 amide bonds. The quantitative estimate of drug-likeness (QED) is 0.713. The minimum atomic E-state index is -0.339. The molecule has 0 aliphatic heterocycles. The first-order valence-electron chi connectivity index (χ1n) is 6.62. The molecule has 0 saturated carbocycles. The zero-order valence-corrected chi connectivity index (χ0v) is 12.2. The number of rotatable bonds is 4. The van der Waals surface area contributed by atoms with E-state index in [1.54, 1.807) is 12.3 Å². The Morgan fingerprint density at radius 3 is 3.00 bits per heavy atom. The van der Waals surface area contributed by atoms with Gasteiger partial charge in [-0.1, -0.05) is 14.4 Å². The molecule has 3 aromatic rings. The molecular formula is C16H18FN3OS. The maximum Gasteiger partial charge on any atom is 0.223 e. The van der Waals surface area contributed by atoms with Gasteiger partial charge in [0.25, 0.3) is 0 Å². The molecule has 6 heteroatoms. The zero-order valence-electron chi connectivity index (χ0n) is 11.4. The van der Waals surface area contributed by atoms with Crippen molar-refractivity contribution < 1.29 is 9.18 Å². The van der Waals surface area contributed by atoms with Gasteiger partial charge in [-0.05, 0) is 24.6 Å². The zero-order chi connectivity index (χ0) is 15.0. The topological polar surface area (TPSA) is 71.8 Å². The Kier molecular flexibility index (Phi) is 4.73. The Bertz CT molecular complexity index is 809. The number of carbonyl (C=O) groups is 1. The molecule has 3 rings (SSSR count). The van der Waals surface area contributed by atoms with Gasteiger partial charge in [0.15, 0.2) is 5.01 Å². The van der Waals surface area contributed by atoms with Crippen molar-refractivity contribution in [3.05, 3.63) is 51.9 Å². The number of thiazole rings is 1. The number of nitrogens with zero attached hydrogens (tertiary/aromatic N) is 1. The van der Waals surface area contributed by atoms with Crippen molar-refractivity contribution in [3.8, 4) is 0 Å². The van der Waals surface area contributed by atoms with E-state index in [1.165, 1.54) is 23.5 Å². The van der Waals surface area contributed by atoms with E-state index in [0.717, 1.165) is 12.1 Å². The Balaban J connectivity index is 0.00000176. The lowest BCUT2D eigenvalue weighted by atomic mass is 10.1. The summed E-state index contributed by atoms with van der Waals surface area (Å²) in [5.74, 6) is -0.513. The van der Waals surface area contributed by atoms with Gasteiger partial charge in [-0.15, -0.1) is 11.3 Å². The molecule has 2 aromatic heterocycles. The van der Waals surface area contributed by atoms with Gasteiger partial charge in [0.05, 0.1) is 11.3 Å². The lowest BCUT2D eigenvalue weighted by Gasteiger charge is -2.02. The van der Waals surface area contributed by atoms with Gasteiger partial charge in [-0.2, -0.15) is 0 Å². The molecule has 1 aromatic carbocycles. The summed E-state index contributed by atoms with van der Waals surface area (Å²) in [6, 6.07) is 4.15. The number of aromatic nitrogens is 2. The fraction of sp³-hybridized carbons (Fsp3) is 0.250. The monoisotopic (exact) mass is 319 g/mol. The van der Waals surface area contributed by atoms with Crippen LogP contribution in [0.2, 0.25) is 0 Å². The third kappa shape index (κ3) is 2.80. The molecule has 0 aliphatic carbocycles. The molecule has 0 unspecified atom stereocenters. The maximum atomic E-state index is 13.2. The summed E-state index contributed by atoms with van der Waals surface area (Å²) in [7, 11) is 0. The lowest BCUT2D eigenvalue weighted by Crippen LogP contribution is -2.09. The van der Waals surface area contributed by atoms with Crippen molar-refractivity contribution in [3.63, 3.8) is 0 Å². The Hall–Kier alpha value is -2.05. The molecule has 22 heavy (non-hydrogen) atoms. The van der Waals surface area contributed by atoms with E-state index in [-0.39, 0.29) is 25.1 Å². The van der Waals surface area contributed by atoms with Gasteiger partial charge < -0.3 is 10.7 Å². The predicted octanol–water partition coefficient (Wildman–Crippen LogP) is 4.04. The third-order valence-electron chi connectivity index (χ3n) is 3.42. The highest BCUT2D eigenvalue weighted by Gasteiger charge is 2.19. The van der Waals surface area contributed by atoms with Crippen LogP contribution in [0, 0.1) is 5.82 Å². The van der Waals surface area contributed by atoms with Gasteiger partial charge in [0.2, 0.25) is 5.78 Å². The van der Waals surface area contributed by atoms with Crippen LogP contribution in [0.25, 0.3) is 10.9 Å². The number of hydrogen-bond donors (Lipinski definition) is 2. The second-order valence-electron chi connectivity index (χ2n) is 4.81. The fourth-order valence-electron chi connectivity index (χ4n) is 2.17. The average Bonchev–Trinajstić information content (AvgIpc) is 3.12. The van der Waals surface area contributed by atoms with Crippen LogP contribution >= 0.6 is 11.3 Å². The highest BCUT2D eigenvalue weighted by atomic mass is 32.1. The fourth-order valence-corrected chi connectivity index (χ4v) is 3.01. The smallest absolute Gasteiger partial charge is 0.223 e. The van der Waals surface area contributed by atoms with E-state index in [2.05, 4.69) is 9.97 Å². The molecule has 0 fully saturated rings. The molecular weight excluding hydrogens is 301 g/mol. The average molecular weight is 319 g/mol. The normalized spacial score (nSPS) is 12.1. The highest BCUT2D eigenvalue weighted by molar-refractivity contribution is 7.12. The molecule has 0 bridgehead atoms. The van der Waals surface area contributed by atoms with E-state index in [1.807, 2.05) is 12.3 Å². The summed E-state index contributed by atoms with van der Waals surface area (Å²) in [6.07, 6.45) is 2.36. The number of ketones is 1. The van der Waals surface area contributed by atoms with Crippen LogP contribution in [0.4, 0.5) is 4.39 Å². The van der Waals surface area contributed by atoms with Crippen molar-refractivity contribution in [1.29, 1.82) is 0 Å². The molecule has 0 aliphatic rings. The van der Waals surface area contributed by atoms with E-state index in [9.17, 15) is 9.18 Å². The van der Waals surface area contributed by atoms with Crippen LogP contribution in [-0.4, -0.2) is 15.8 Å². The summed E-state index contributed by atoms with van der Waals surface area (Å²) in [5, 5.41) is 2.91. The standard InChI is InChI=1S/C15H14FN3OS.CH4/c1-2-11(17)13-7-21-15(19-13)14(20)10-6-18-12-5-8(16)3-4-9(10)12;/h3-7,11,18H,2,17H2,1H3;1H4/t11-;/m1./s1. The van der Waals surface area contributed by atoms with Crippen molar-refractivity contribution >= 4 is 28.0 Å². The number of aromatic amines is 1. The summed E-state index contributed by atoms with van der Waals surface area (Å²) < 4.78 is 13.2. The van der Waals surface area contributed by atoms with Gasteiger partial charge in [-0.25, -0.2) is 9.37 Å². The minimum Gasteiger partial charge on any atom is -0.360 e. The molecule has 0 radical (unpaired) electrons. The van der Waals surface area contributed by atoms with Crippen molar-refractivity contribution in [2.75, 3.05) is 0 Å². The Labute approximate surface area is 132 Å². The van der Waals surface area contributed by atoms with Crippen LogP contribution in [0.3, 0.4) is 0 Å². The highest BCUT2D eigenvalue weighted by Crippen LogP contribution is 2.24. The Morgan fingerprint density at radius 1 is 1.50 bits per heavy atom. The molecule has 4 nitrogen and oxygen atoms in total. The summed E-state index contributed by atoms with van der Waals surface area (Å²) in [5.41, 5.74) is 7.75. The summed E-state index contributed by atoms with van der Waals surface area (Å²) in [6.45, 7) is 1.97. The van der Waals surface area contributed by atoms with Gasteiger partial charge in [0.1, 0.15) is 5.82 Å². The predicted molar refractivity (Wildman–Crippen MR) is 87.8 cm³/mol. The van der Waals surface area contributed by atoms with E-state index >= 15 is 0 Å². The maximum absolute atomic E-state index is 13.2. The van der Waals surface area contributed by atoms with Crippen molar-refractivity contribution in [2.24, 2.45) is 5.73 Å². The first-order valence-corrected chi connectivity index (χ1v) is 7.50. The third-order valence-corrected chi connectivity index (χ3v) is 4.28. The van der Waals surface area contributed by atoms with Crippen LogP contribution < -0.4 is 5.73 Å². The van der Waals surface area contributed by atoms with Crippen LogP contribution in [0.15, 0.2) is 29.8 Å². The SMILES string of the molecule is C.CC[C@@H](N)c1csc(C(=O)c2c[nH]c3cc(F)ccc23)n1. The summed E-state index contributed by atoms with van der Waals surface area (Å²) >= 11 is 1.28. The van der Waals surface area contributed by atoms with Crippen LogP contribution in [0.1, 0.15) is 47.9 Å². The van der Waals surface area contributed by atoms with Crippen LogP contribution in [-0.2, 0) is 0 Å². The number of fused-ring (bicyclic) bond motifs is 1. The number of carbonyl (C=O) groups excluding carboxylic acids is 1. The van der Waals surface area contributed by atoms with E-state index in [4.69, 9.17) is 5.73 Å². The van der Waals surface area contributed by atoms with Gasteiger partial charge >= 0.3 is 0 Å². The van der Waals surface area contributed by atoms with Gasteiger partial charge in [0, 0.05) is 28.5 Å². The number of nitrogens with one attached hydrogen (secondary N) is 1.